The quantitative estimate of drug-likeness (QED) is 0.778. The molecular formula is C9H13F2N3. The molecule has 0 aliphatic heterocycles. The van der Waals surface area contributed by atoms with Gasteiger partial charge in [-0.25, -0.2) is 13.8 Å². The van der Waals surface area contributed by atoms with E-state index in [9.17, 15) is 8.78 Å². The molecule has 0 aliphatic carbocycles. The summed E-state index contributed by atoms with van der Waals surface area (Å²) >= 11 is 0. The molecule has 1 aromatic rings. The van der Waals surface area contributed by atoms with Gasteiger partial charge < -0.3 is 11.1 Å². The minimum Gasteiger partial charge on any atom is -0.362 e. The maximum absolute atomic E-state index is 12.2. The summed E-state index contributed by atoms with van der Waals surface area (Å²) in [5.74, 6) is 0.431. The third-order valence-corrected chi connectivity index (χ3v) is 1.81. The highest BCUT2D eigenvalue weighted by Crippen LogP contribution is 2.10. The molecule has 0 amide bonds. The van der Waals surface area contributed by atoms with Crippen molar-refractivity contribution in [3.8, 4) is 0 Å². The van der Waals surface area contributed by atoms with E-state index in [0.29, 0.717) is 12.4 Å². The Bertz CT molecular complexity index is 291. The Balaban J connectivity index is 2.66. The highest BCUT2D eigenvalue weighted by atomic mass is 19.3. The lowest BCUT2D eigenvalue weighted by molar-refractivity contribution is 0.130. The van der Waals surface area contributed by atoms with Crippen molar-refractivity contribution in [1.82, 2.24) is 4.98 Å². The Labute approximate surface area is 81.3 Å². The van der Waals surface area contributed by atoms with E-state index in [4.69, 9.17) is 5.73 Å². The number of nitrogens with one attached hydrogen (secondary N) is 1. The zero-order chi connectivity index (χ0) is 10.6. The summed E-state index contributed by atoms with van der Waals surface area (Å²) in [5, 5.41) is 2.60. The fraction of sp³-hybridized carbons (Fsp3) is 0.444. The summed E-state index contributed by atoms with van der Waals surface area (Å²) in [7, 11) is 0. The highest BCUT2D eigenvalue weighted by Gasteiger charge is 2.14. The minimum absolute atomic E-state index is 0.375. The predicted molar refractivity (Wildman–Crippen MR) is 51.2 cm³/mol. The van der Waals surface area contributed by atoms with Gasteiger partial charge in [0, 0.05) is 12.7 Å². The SMILES string of the molecule is CC(Nc1cc(CN)ccn1)C(F)F. The highest BCUT2D eigenvalue weighted by molar-refractivity contribution is 5.38. The third kappa shape index (κ3) is 2.92. The van der Waals surface area contributed by atoms with Crippen molar-refractivity contribution in [2.45, 2.75) is 25.9 Å². The molecule has 0 saturated carbocycles. The molecule has 78 valence electrons. The van der Waals surface area contributed by atoms with Gasteiger partial charge in [0.05, 0.1) is 6.04 Å². The van der Waals surface area contributed by atoms with Crippen LogP contribution < -0.4 is 11.1 Å². The number of anilines is 1. The van der Waals surface area contributed by atoms with E-state index in [-0.39, 0.29) is 0 Å². The molecule has 5 heteroatoms. The van der Waals surface area contributed by atoms with Crippen LogP contribution in [-0.4, -0.2) is 17.5 Å². The average molecular weight is 201 g/mol. The van der Waals surface area contributed by atoms with Crippen LogP contribution in [-0.2, 0) is 6.54 Å². The first-order valence-electron chi connectivity index (χ1n) is 4.33. The molecule has 1 atom stereocenters. The van der Waals surface area contributed by atoms with Gasteiger partial charge in [-0.2, -0.15) is 0 Å². The maximum Gasteiger partial charge on any atom is 0.258 e. The van der Waals surface area contributed by atoms with Gasteiger partial charge in [-0.1, -0.05) is 0 Å². The molecule has 1 aromatic heterocycles. The molecule has 3 N–H and O–H groups in total. The topological polar surface area (TPSA) is 50.9 Å². The van der Waals surface area contributed by atoms with Crippen LogP contribution in [0.25, 0.3) is 0 Å². The number of nitrogens with zero attached hydrogens (tertiary/aromatic N) is 1. The molecule has 0 aromatic carbocycles. The number of hydrogen-bond donors (Lipinski definition) is 2. The number of nitrogens with two attached hydrogens (primary N) is 1. The summed E-state index contributed by atoms with van der Waals surface area (Å²) in [6.45, 7) is 1.78. The first-order chi connectivity index (χ1) is 6.63. The molecule has 0 radical (unpaired) electrons. The van der Waals surface area contributed by atoms with Gasteiger partial charge in [0.1, 0.15) is 5.82 Å². The summed E-state index contributed by atoms with van der Waals surface area (Å²) in [4.78, 5) is 3.91. The second kappa shape index (κ2) is 4.85. The van der Waals surface area contributed by atoms with Crippen LogP contribution in [0.3, 0.4) is 0 Å². The van der Waals surface area contributed by atoms with Gasteiger partial charge in [0.15, 0.2) is 0 Å². The van der Waals surface area contributed by atoms with E-state index < -0.39 is 12.5 Å². The summed E-state index contributed by atoms with van der Waals surface area (Å²) in [6.07, 6.45) is -0.860. The average Bonchev–Trinajstić information content (AvgIpc) is 2.18. The predicted octanol–water partition coefficient (Wildman–Crippen LogP) is 1.61. The Hall–Kier alpha value is -1.23. The molecule has 3 nitrogen and oxygen atoms in total. The van der Waals surface area contributed by atoms with Crippen molar-refractivity contribution >= 4 is 5.82 Å². The van der Waals surface area contributed by atoms with E-state index in [1.165, 1.54) is 6.92 Å². The number of rotatable bonds is 4. The molecule has 1 heterocycles. The van der Waals surface area contributed by atoms with Crippen molar-refractivity contribution in [2.24, 2.45) is 5.73 Å². The van der Waals surface area contributed by atoms with E-state index in [0.717, 1.165) is 5.56 Å². The lowest BCUT2D eigenvalue weighted by Crippen LogP contribution is -2.24. The molecule has 0 aliphatic rings. The Morgan fingerprint density at radius 1 is 1.57 bits per heavy atom. The van der Waals surface area contributed by atoms with Gasteiger partial charge in [-0.05, 0) is 24.6 Å². The van der Waals surface area contributed by atoms with Crippen LogP contribution in [0.5, 0.6) is 0 Å². The Morgan fingerprint density at radius 3 is 2.86 bits per heavy atom. The van der Waals surface area contributed by atoms with Crippen LogP contribution >= 0.6 is 0 Å². The second-order valence-electron chi connectivity index (χ2n) is 3.02. The Morgan fingerprint density at radius 2 is 2.29 bits per heavy atom. The molecule has 0 spiro atoms. The van der Waals surface area contributed by atoms with Crippen LogP contribution in [0.1, 0.15) is 12.5 Å². The van der Waals surface area contributed by atoms with Gasteiger partial charge >= 0.3 is 0 Å². The van der Waals surface area contributed by atoms with Crippen molar-refractivity contribution in [1.29, 1.82) is 0 Å². The smallest absolute Gasteiger partial charge is 0.258 e. The van der Waals surface area contributed by atoms with Gasteiger partial charge in [-0.3, -0.25) is 0 Å². The standard InChI is InChI=1S/C9H13F2N3/c1-6(9(10)11)14-8-4-7(5-12)2-3-13-8/h2-4,6,9H,5,12H2,1H3,(H,13,14). The minimum atomic E-state index is -2.40. The van der Waals surface area contributed by atoms with Gasteiger partial charge in [0.25, 0.3) is 6.43 Å². The summed E-state index contributed by atoms with van der Waals surface area (Å²) in [6, 6.07) is 2.51. The monoisotopic (exact) mass is 201 g/mol. The number of aromatic nitrogens is 1. The molecule has 1 rings (SSSR count). The van der Waals surface area contributed by atoms with Crippen molar-refractivity contribution in [2.75, 3.05) is 5.32 Å². The van der Waals surface area contributed by atoms with Crippen molar-refractivity contribution < 1.29 is 8.78 Å². The number of alkyl halides is 2. The molecule has 0 fully saturated rings. The number of hydrogen-bond acceptors (Lipinski definition) is 3. The molecular weight excluding hydrogens is 188 g/mol. The lowest BCUT2D eigenvalue weighted by Gasteiger charge is -2.13. The fourth-order valence-corrected chi connectivity index (χ4v) is 0.976. The largest absolute Gasteiger partial charge is 0.362 e. The van der Waals surface area contributed by atoms with E-state index in [2.05, 4.69) is 10.3 Å². The van der Waals surface area contributed by atoms with Crippen LogP contribution in [0.2, 0.25) is 0 Å². The molecule has 0 saturated heterocycles. The van der Waals surface area contributed by atoms with E-state index in [1.807, 2.05) is 0 Å². The van der Waals surface area contributed by atoms with Crippen LogP contribution in [0, 0.1) is 0 Å². The zero-order valence-corrected chi connectivity index (χ0v) is 7.87. The second-order valence-corrected chi connectivity index (χ2v) is 3.02. The third-order valence-electron chi connectivity index (χ3n) is 1.81. The summed E-state index contributed by atoms with van der Waals surface area (Å²) in [5.41, 5.74) is 6.27. The van der Waals surface area contributed by atoms with Crippen molar-refractivity contribution in [3.05, 3.63) is 23.9 Å². The summed E-state index contributed by atoms with van der Waals surface area (Å²) < 4.78 is 24.4. The molecule has 14 heavy (non-hydrogen) atoms. The van der Waals surface area contributed by atoms with Crippen LogP contribution in [0.4, 0.5) is 14.6 Å². The van der Waals surface area contributed by atoms with E-state index in [1.54, 1.807) is 18.3 Å². The number of halogens is 2. The molecule has 0 bridgehead atoms. The van der Waals surface area contributed by atoms with Crippen molar-refractivity contribution in [3.63, 3.8) is 0 Å². The van der Waals surface area contributed by atoms with E-state index >= 15 is 0 Å². The zero-order valence-electron chi connectivity index (χ0n) is 7.87. The normalized spacial score (nSPS) is 12.9. The van der Waals surface area contributed by atoms with Gasteiger partial charge in [-0.15, -0.1) is 0 Å². The lowest BCUT2D eigenvalue weighted by atomic mass is 10.2. The molecule has 1 unspecified atom stereocenters. The fourth-order valence-electron chi connectivity index (χ4n) is 0.976. The first-order valence-corrected chi connectivity index (χ1v) is 4.33. The number of pyridine rings is 1. The van der Waals surface area contributed by atoms with Gasteiger partial charge in [0.2, 0.25) is 0 Å². The first kappa shape index (κ1) is 10.8. The van der Waals surface area contributed by atoms with Crippen LogP contribution in [0.15, 0.2) is 18.3 Å². The Kier molecular flexibility index (Phi) is 3.76. The maximum atomic E-state index is 12.2.